The predicted molar refractivity (Wildman–Crippen MR) is 53.7 cm³/mol. The van der Waals surface area contributed by atoms with Gasteiger partial charge in [0, 0.05) is 13.0 Å². The number of aromatic hydroxyl groups is 1. The minimum Gasteiger partial charge on any atom is -0.507 e. The Morgan fingerprint density at radius 1 is 1.44 bits per heavy atom. The van der Waals surface area contributed by atoms with Gasteiger partial charge in [0.05, 0.1) is 12.8 Å². The van der Waals surface area contributed by atoms with Gasteiger partial charge in [-0.3, -0.25) is 4.79 Å². The van der Waals surface area contributed by atoms with Crippen LogP contribution >= 0.6 is 0 Å². The lowest BCUT2D eigenvalue weighted by Gasteiger charge is -2.07. The van der Waals surface area contributed by atoms with Crippen LogP contribution < -0.4 is 5.32 Å². The summed E-state index contributed by atoms with van der Waals surface area (Å²) in [6.45, 7) is 1.20. The third-order valence-corrected chi connectivity index (χ3v) is 1.80. The van der Waals surface area contributed by atoms with Crippen LogP contribution in [0, 0.1) is 5.82 Å². The number of benzene rings is 1. The number of ether oxygens (including phenoxy) is 1. The van der Waals surface area contributed by atoms with Crippen molar-refractivity contribution in [2.45, 2.75) is 6.92 Å². The smallest absolute Gasteiger partial charge is 0.341 e. The number of hydrogen-bond donors (Lipinski definition) is 2. The van der Waals surface area contributed by atoms with E-state index in [0.717, 1.165) is 19.2 Å². The topological polar surface area (TPSA) is 75.6 Å². The molecule has 0 aliphatic heterocycles. The Bertz CT molecular complexity index is 445. The number of nitrogens with one attached hydrogen (secondary N) is 1. The van der Waals surface area contributed by atoms with Crippen molar-refractivity contribution in [3.8, 4) is 5.75 Å². The number of esters is 1. The first-order chi connectivity index (χ1) is 7.45. The van der Waals surface area contributed by atoms with Crippen molar-refractivity contribution < 1.29 is 23.8 Å². The van der Waals surface area contributed by atoms with Crippen molar-refractivity contribution in [3.63, 3.8) is 0 Å². The maximum Gasteiger partial charge on any atom is 0.341 e. The Kier molecular flexibility index (Phi) is 3.44. The van der Waals surface area contributed by atoms with E-state index < -0.39 is 23.4 Å². The molecular weight excluding hydrogens is 217 g/mol. The molecule has 0 fully saturated rings. The number of methoxy groups -OCH3 is 1. The minimum atomic E-state index is -0.856. The van der Waals surface area contributed by atoms with Crippen LogP contribution in [0.4, 0.5) is 10.1 Å². The molecule has 0 aliphatic carbocycles. The molecule has 0 atom stereocenters. The van der Waals surface area contributed by atoms with Crippen LogP contribution in [0.15, 0.2) is 12.1 Å². The molecule has 1 amide bonds. The number of phenols is 1. The number of carbonyl (C=O) groups excluding carboxylic acids is 2. The van der Waals surface area contributed by atoms with E-state index >= 15 is 0 Å². The van der Waals surface area contributed by atoms with Crippen LogP contribution in [-0.4, -0.2) is 24.1 Å². The standard InChI is InChI=1S/C10H10FNO4/c1-5(13)12-8-4-9(14)6(3-7(8)11)10(15)16-2/h3-4,14H,1-2H3,(H,12,13). The molecule has 0 aromatic heterocycles. The molecule has 1 aromatic rings. The number of amides is 1. The molecule has 1 rings (SSSR count). The Labute approximate surface area is 90.8 Å². The maximum atomic E-state index is 13.4. The first kappa shape index (κ1) is 12.0. The zero-order chi connectivity index (χ0) is 12.3. The molecule has 86 valence electrons. The lowest BCUT2D eigenvalue weighted by atomic mass is 10.1. The van der Waals surface area contributed by atoms with E-state index in [9.17, 15) is 19.1 Å². The van der Waals surface area contributed by atoms with Crippen molar-refractivity contribution in [1.29, 1.82) is 0 Å². The van der Waals surface area contributed by atoms with E-state index in [2.05, 4.69) is 10.1 Å². The maximum absolute atomic E-state index is 13.4. The second-order valence-corrected chi connectivity index (χ2v) is 3.02. The fourth-order valence-electron chi connectivity index (χ4n) is 1.12. The normalized spacial score (nSPS) is 9.69. The number of anilines is 1. The molecule has 0 spiro atoms. The molecule has 6 heteroatoms. The average molecular weight is 227 g/mol. The molecular formula is C10H10FNO4. The summed E-state index contributed by atoms with van der Waals surface area (Å²) in [4.78, 5) is 21.8. The highest BCUT2D eigenvalue weighted by molar-refractivity contribution is 5.94. The van der Waals surface area contributed by atoms with E-state index in [1.807, 2.05) is 0 Å². The van der Waals surface area contributed by atoms with Gasteiger partial charge in [-0.25, -0.2) is 9.18 Å². The van der Waals surface area contributed by atoms with Crippen LogP contribution in [0.25, 0.3) is 0 Å². The largest absolute Gasteiger partial charge is 0.507 e. The van der Waals surface area contributed by atoms with Gasteiger partial charge in [0.25, 0.3) is 0 Å². The van der Waals surface area contributed by atoms with Crippen LogP contribution in [0.5, 0.6) is 5.75 Å². The van der Waals surface area contributed by atoms with Gasteiger partial charge < -0.3 is 15.2 Å². The Hall–Kier alpha value is -2.11. The summed E-state index contributed by atoms with van der Waals surface area (Å²) >= 11 is 0. The van der Waals surface area contributed by atoms with Crippen molar-refractivity contribution in [2.24, 2.45) is 0 Å². The van der Waals surface area contributed by atoms with E-state index in [1.54, 1.807) is 0 Å². The van der Waals surface area contributed by atoms with Gasteiger partial charge in [-0.05, 0) is 6.07 Å². The summed E-state index contributed by atoms with van der Waals surface area (Å²) in [6, 6.07) is 1.75. The van der Waals surface area contributed by atoms with E-state index in [1.165, 1.54) is 6.92 Å². The third-order valence-electron chi connectivity index (χ3n) is 1.80. The second kappa shape index (κ2) is 4.61. The number of phenolic OH excluding ortho intramolecular Hbond substituents is 1. The van der Waals surface area contributed by atoms with Gasteiger partial charge in [0.1, 0.15) is 17.1 Å². The van der Waals surface area contributed by atoms with Gasteiger partial charge in [0.15, 0.2) is 0 Å². The fraction of sp³-hybridized carbons (Fsp3) is 0.200. The number of rotatable bonds is 2. The monoisotopic (exact) mass is 227 g/mol. The van der Waals surface area contributed by atoms with Gasteiger partial charge >= 0.3 is 5.97 Å². The summed E-state index contributed by atoms with van der Waals surface area (Å²) in [5.41, 5.74) is -0.494. The summed E-state index contributed by atoms with van der Waals surface area (Å²) in [7, 11) is 1.11. The number of hydrogen-bond acceptors (Lipinski definition) is 4. The highest BCUT2D eigenvalue weighted by atomic mass is 19.1. The van der Waals surface area contributed by atoms with Crippen molar-refractivity contribution in [2.75, 3.05) is 12.4 Å². The molecule has 0 saturated heterocycles. The zero-order valence-corrected chi connectivity index (χ0v) is 8.70. The third kappa shape index (κ3) is 2.47. The lowest BCUT2D eigenvalue weighted by Crippen LogP contribution is -2.09. The molecule has 0 heterocycles. The Balaban J connectivity index is 3.16. The van der Waals surface area contributed by atoms with Gasteiger partial charge in [-0.15, -0.1) is 0 Å². The highest BCUT2D eigenvalue weighted by Gasteiger charge is 2.16. The molecule has 0 bridgehead atoms. The fourth-order valence-corrected chi connectivity index (χ4v) is 1.12. The lowest BCUT2D eigenvalue weighted by molar-refractivity contribution is -0.114. The molecule has 0 saturated carbocycles. The molecule has 1 aromatic carbocycles. The van der Waals surface area contributed by atoms with Gasteiger partial charge in [0.2, 0.25) is 5.91 Å². The molecule has 2 N–H and O–H groups in total. The Morgan fingerprint density at radius 3 is 2.56 bits per heavy atom. The summed E-state index contributed by atoms with van der Waals surface area (Å²) in [5, 5.41) is 11.6. The van der Waals surface area contributed by atoms with Crippen LogP contribution in [0.2, 0.25) is 0 Å². The average Bonchev–Trinajstić information content (AvgIpc) is 2.21. The first-order valence-corrected chi connectivity index (χ1v) is 4.34. The quantitative estimate of drug-likeness (QED) is 0.746. The molecule has 0 radical (unpaired) electrons. The molecule has 0 unspecified atom stereocenters. The predicted octanol–water partition coefficient (Wildman–Crippen LogP) is 1.28. The first-order valence-electron chi connectivity index (χ1n) is 4.34. The van der Waals surface area contributed by atoms with E-state index in [-0.39, 0.29) is 11.3 Å². The second-order valence-electron chi connectivity index (χ2n) is 3.02. The van der Waals surface area contributed by atoms with E-state index in [4.69, 9.17) is 0 Å². The zero-order valence-electron chi connectivity index (χ0n) is 8.70. The summed E-state index contributed by atoms with van der Waals surface area (Å²) in [6.07, 6.45) is 0. The van der Waals surface area contributed by atoms with E-state index in [0.29, 0.717) is 0 Å². The minimum absolute atomic E-state index is 0.197. The van der Waals surface area contributed by atoms with Crippen molar-refractivity contribution >= 4 is 17.6 Å². The highest BCUT2D eigenvalue weighted by Crippen LogP contribution is 2.25. The van der Waals surface area contributed by atoms with Crippen LogP contribution in [-0.2, 0) is 9.53 Å². The molecule has 0 aliphatic rings. The van der Waals surface area contributed by atoms with Gasteiger partial charge in [-0.1, -0.05) is 0 Å². The summed E-state index contributed by atoms with van der Waals surface area (Å²) < 4.78 is 17.7. The van der Waals surface area contributed by atoms with Crippen molar-refractivity contribution in [3.05, 3.63) is 23.5 Å². The number of halogens is 1. The van der Waals surface area contributed by atoms with Gasteiger partial charge in [-0.2, -0.15) is 0 Å². The summed E-state index contributed by atoms with van der Waals surface area (Å²) in [5.74, 6) is -2.62. The van der Waals surface area contributed by atoms with Crippen LogP contribution in [0.3, 0.4) is 0 Å². The molecule has 16 heavy (non-hydrogen) atoms. The SMILES string of the molecule is COC(=O)c1cc(F)c(NC(C)=O)cc1O. The van der Waals surface area contributed by atoms with Crippen molar-refractivity contribution in [1.82, 2.24) is 0 Å². The van der Waals surface area contributed by atoms with Crippen LogP contribution in [0.1, 0.15) is 17.3 Å². The number of carbonyl (C=O) groups is 2. The molecule has 5 nitrogen and oxygen atoms in total. The Morgan fingerprint density at radius 2 is 2.06 bits per heavy atom.